The summed E-state index contributed by atoms with van der Waals surface area (Å²) in [7, 11) is -3.64. The third kappa shape index (κ3) is 4.76. The lowest BCUT2D eigenvalue weighted by atomic mass is 10.2. The summed E-state index contributed by atoms with van der Waals surface area (Å²) in [4.78, 5) is 14.8. The van der Waals surface area contributed by atoms with Gasteiger partial charge in [-0.2, -0.15) is 4.31 Å². The van der Waals surface area contributed by atoms with Crippen molar-refractivity contribution >= 4 is 43.2 Å². The maximum Gasteiger partial charge on any atom is 0.291 e. The second-order valence-corrected chi connectivity index (χ2v) is 8.72. The molecule has 1 aromatic carbocycles. The molecule has 0 saturated heterocycles. The average Bonchev–Trinajstić information content (AvgIpc) is 3.11. The molecule has 0 bridgehead atoms. The van der Waals surface area contributed by atoms with Gasteiger partial charge in [0.25, 0.3) is 5.91 Å². The van der Waals surface area contributed by atoms with E-state index in [9.17, 15) is 13.2 Å². The number of hydrogen-bond donors (Lipinski definition) is 1. The van der Waals surface area contributed by atoms with Crippen LogP contribution in [0.15, 0.2) is 44.3 Å². The normalized spacial score (nSPS) is 11.6. The zero-order valence-corrected chi connectivity index (χ0v) is 18.9. The lowest BCUT2D eigenvalue weighted by Crippen LogP contribution is -2.31. The predicted octanol–water partition coefficient (Wildman–Crippen LogP) is 4.17. The van der Waals surface area contributed by atoms with Gasteiger partial charge in [-0.15, -0.1) is 0 Å². The van der Waals surface area contributed by atoms with E-state index in [1.807, 2.05) is 18.7 Å². The van der Waals surface area contributed by atoms with E-state index in [2.05, 4.69) is 21.2 Å². The first-order valence-corrected chi connectivity index (χ1v) is 11.5. The molecule has 2 rings (SSSR count). The van der Waals surface area contributed by atoms with Crippen molar-refractivity contribution in [3.8, 4) is 0 Å². The van der Waals surface area contributed by atoms with Crippen LogP contribution in [-0.2, 0) is 10.0 Å². The number of carbonyl (C=O) groups excluding carboxylic acids is 1. The lowest BCUT2D eigenvalue weighted by molar-refractivity contribution is 0.0995. The smallest absolute Gasteiger partial charge is 0.291 e. The highest BCUT2D eigenvalue weighted by atomic mass is 79.9. The van der Waals surface area contributed by atoms with E-state index in [4.69, 9.17) is 4.42 Å². The number of rotatable bonds is 9. The summed E-state index contributed by atoms with van der Waals surface area (Å²) in [5.41, 5.74) is 1.18. The Morgan fingerprint density at radius 2 is 1.68 bits per heavy atom. The van der Waals surface area contributed by atoms with Crippen molar-refractivity contribution in [2.45, 2.75) is 32.6 Å². The largest absolute Gasteiger partial charge is 0.444 e. The van der Waals surface area contributed by atoms with Crippen LogP contribution < -0.4 is 10.2 Å². The molecule has 0 unspecified atom stereocenters. The quantitative estimate of drug-likeness (QED) is 0.593. The highest BCUT2D eigenvalue weighted by molar-refractivity contribution is 9.10. The van der Waals surface area contributed by atoms with E-state index in [0.29, 0.717) is 36.5 Å². The molecule has 1 N–H and O–H groups in total. The molecule has 0 saturated carbocycles. The highest BCUT2D eigenvalue weighted by Gasteiger charge is 2.24. The Morgan fingerprint density at radius 3 is 2.18 bits per heavy atom. The number of benzene rings is 1. The van der Waals surface area contributed by atoms with Crippen molar-refractivity contribution in [2.75, 3.05) is 36.4 Å². The minimum absolute atomic E-state index is 0.134. The Morgan fingerprint density at radius 1 is 1.04 bits per heavy atom. The van der Waals surface area contributed by atoms with E-state index in [1.54, 1.807) is 38.1 Å². The van der Waals surface area contributed by atoms with Crippen LogP contribution in [0.3, 0.4) is 0 Å². The van der Waals surface area contributed by atoms with Gasteiger partial charge in [-0.1, -0.05) is 13.8 Å². The van der Waals surface area contributed by atoms with Crippen molar-refractivity contribution in [1.82, 2.24) is 4.31 Å². The van der Waals surface area contributed by atoms with Crippen molar-refractivity contribution < 1.29 is 17.6 Å². The number of sulfonamides is 1. The van der Waals surface area contributed by atoms with Gasteiger partial charge in [0.05, 0.1) is 16.3 Å². The first kappa shape index (κ1) is 22.4. The fourth-order valence-electron chi connectivity index (χ4n) is 2.95. The van der Waals surface area contributed by atoms with Crippen LogP contribution in [0.4, 0.5) is 11.4 Å². The van der Waals surface area contributed by atoms with Gasteiger partial charge in [0.1, 0.15) is 0 Å². The Kier molecular flexibility index (Phi) is 7.68. The summed E-state index contributed by atoms with van der Waals surface area (Å²) in [6.07, 6.45) is 0. The molecule has 0 radical (unpaired) electrons. The summed E-state index contributed by atoms with van der Waals surface area (Å²) in [6.45, 7) is 9.77. The Labute approximate surface area is 174 Å². The van der Waals surface area contributed by atoms with Crippen LogP contribution in [0.25, 0.3) is 0 Å². The molecule has 0 fully saturated rings. The minimum atomic E-state index is -3.64. The number of amides is 1. The van der Waals surface area contributed by atoms with Crippen LogP contribution in [0.2, 0.25) is 0 Å². The molecule has 1 amide bonds. The SMILES string of the molecule is CCN(CC)c1ccc(S(=O)(=O)N(CC)CC)cc1NC(=O)c1ccc(Br)o1. The monoisotopic (exact) mass is 471 g/mol. The molecular formula is C19H26BrN3O4S. The summed E-state index contributed by atoms with van der Waals surface area (Å²) in [5.74, 6) is -0.314. The van der Waals surface area contributed by atoms with Gasteiger partial charge in [-0.05, 0) is 60.1 Å². The molecule has 0 atom stereocenters. The van der Waals surface area contributed by atoms with Crippen molar-refractivity contribution in [3.63, 3.8) is 0 Å². The molecule has 154 valence electrons. The van der Waals surface area contributed by atoms with Crippen molar-refractivity contribution in [3.05, 3.63) is 40.8 Å². The molecular weight excluding hydrogens is 446 g/mol. The van der Waals surface area contributed by atoms with Crippen LogP contribution in [0.1, 0.15) is 38.2 Å². The number of hydrogen-bond acceptors (Lipinski definition) is 5. The molecule has 28 heavy (non-hydrogen) atoms. The van der Waals surface area contributed by atoms with E-state index in [1.165, 1.54) is 10.4 Å². The molecule has 2 aromatic rings. The van der Waals surface area contributed by atoms with E-state index in [0.717, 1.165) is 5.69 Å². The standard InChI is InChI=1S/C19H26BrN3O4S/c1-5-22(6-2)16-10-9-14(28(25,26)23(7-3)8-4)13-15(16)21-19(24)17-11-12-18(20)27-17/h9-13H,5-8H2,1-4H3,(H,21,24). The second kappa shape index (κ2) is 9.58. The van der Waals surface area contributed by atoms with Gasteiger partial charge in [0.2, 0.25) is 10.0 Å². The van der Waals surface area contributed by atoms with Gasteiger partial charge in [-0.3, -0.25) is 4.79 Å². The second-order valence-electron chi connectivity index (χ2n) is 6.00. The molecule has 7 nitrogen and oxygen atoms in total. The molecule has 0 aliphatic rings. The summed E-state index contributed by atoms with van der Waals surface area (Å²) < 4.78 is 32.9. The van der Waals surface area contributed by atoms with Crippen LogP contribution in [-0.4, -0.2) is 44.8 Å². The molecule has 9 heteroatoms. The summed E-state index contributed by atoms with van der Waals surface area (Å²) >= 11 is 3.18. The molecule has 0 spiro atoms. The van der Waals surface area contributed by atoms with Crippen LogP contribution >= 0.6 is 15.9 Å². The summed E-state index contributed by atoms with van der Waals surface area (Å²) in [6, 6.07) is 8.00. The van der Waals surface area contributed by atoms with Gasteiger partial charge in [-0.25, -0.2) is 8.42 Å². The van der Waals surface area contributed by atoms with E-state index in [-0.39, 0.29) is 10.7 Å². The maximum atomic E-state index is 12.9. The van der Waals surface area contributed by atoms with Crippen molar-refractivity contribution in [2.24, 2.45) is 0 Å². The fraction of sp³-hybridized carbons (Fsp3) is 0.421. The Balaban J connectivity index is 2.50. The Hall–Kier alpha value is -1.84. The zero-order chi connectivity index (χ0) is 20.9. The first-order chi connectivity index (χ1) is 13.3. The first-order valence-electron chi connectivity index (χ1n) is 9.24. The van der Waals surface area contributed by atoms with Crippen molar-refractivity contribution in [1.29, 1.82) is 0 Å². The molecule has 1 heterocycles. The molecule has 0 aliphatic heterocycles. The van der Waals surface area contributed by atoms with Crippen LogP contribution in [0, 0.1) is 0 Å². The minimum Gasteiger partial charge on any atom is -0.444 e. The number of anilines is 2. The van der Waals surface area contributed by atoms with Gasteiger partial charge in [0, 0.05) is 26.2 Å². The van der Waals surface area contributed by atoms with Crippen LogP contribution in [0.5, 0.6) is 0 Å². The van der Waals surface area contributed by atoms with E-state index < -0.39 is 15.9 Å². The predicted molar refractivity (Wildman–Crippen MR) is 114 cm³/mol. The number of nitrogens with zero attached hydrogens (tertiary/aromatic N) is 2. The lowest BCUT2D eigenvalue weighted by Gasteiger charge is -2.25. The summed E-state index contributed by atoms with van der Waals surface area (Å²) in [5, 5.41) is 2.80. The number of halogens is 1. The third-order valence-electron chi connectivity index (χ3n) is 4.46. The van der Waals surface area contributed by atoms with Gasteiger partial charge < -0.3 is 14.6 Å². The number of nitrogens with one attached hydrogen (secondary N) is 1. The Bertz CT molecular complexity index is 919. The third-order valence-corrected chi connectivity index (χ3v) is 6.93. The van der Waals surface area contributed by atoms with Gasteiger partial charge in [0.15, 0.2) is 10.4 Å². The number of furan rings is 1. The highest BCUT2D eigenvalue weighted by Crippen LogP contribution is 2.31. The maximum absolute atomic E-state index is 12.9. The topological polar surface area (TPSA) is 82.9 Å². The average molecular weight is 472 g/mol. The van der Waals surface area contributed by atoms with Gasteiger partial charge >= 0.3 is 0 Å². The number of carbonyl (C=O) groups is 1. The molecule has 1 aromatic heterocycles. The zero-order valence-electron chi connectivity index (χ0n) is 16.5. The van der Waals surface area contributed by atoms with E-state index >= 15 is 0 Å². The fourth-order valence-corrected chi connectivity index (χ4v) is 4.74. The molecule has 0 aliphatic carbocycles.